The van der Waals surface area contributed by atoms with Crippen LogP contribution in [-0.4, -0.2) is 6.04 Å². The minimum Gasteiger partial charge on any atom is -0.326 e. The lowest BCUT2D eigenvalue weighted by molar-refractivity contribution is 0.606. The summed E-state index contributed by atoms with van der Waals surface area (Å²) in [4.78, 5) is 2.62. The molecule has 1 aliphatic rings. The number of hydrogen-bond acceptors (Lipinski definition) is 3. The molecule has 0 N–H and O–H groups in total. The molecule has 1 aromatic carbocycles. The Kier molecular flexibility index (Phi) is 14.2. The summed E-state index contributed by atoms with van der Waals surface area (Å²) in [6.07, 6.45) is 28.4. The van der Waals surface area contributed by atoms with Crippen LogP contribution in [0.3, 0.4) is 0 Å². The lowest BCUT2D eigenvalue weighted by Gasteiger charge is -2.32. The summed E-state index contributed by atoms with van der Waals surface area (Å²) in [7, 11) is 0. The molecule has 2 heterocycles. The molecule has 0 saturated heterocycles. The second kappa shape index (κ2) is 17.8. The van der Waals surface area contributed by atoms with Crippen LogP contribution in [0.5, 0.6) is 0 Å². The van der Waals surface area contributed by atoms with Gasteiger partial charge in [0, 0.05) is 10.4 Å². The van der Waals surface area contributed by atoms with E-state index in [1.807, 2.05) is 22.7 Å². The number of benzene rings is 1. The normalized spacial score (nSPS) is 15.2. The molecule has 0 amide bonds. The average Bonchev–Trinajstić information content (AvgIpc) is 3.51. The van der Waals surface area contributed by atoms with Crippen LogP contribution < -0.4 is 4.90 Å². The van der Waals surface area contributed by atoms with Gasteiger partial charge in [-0.05, 0) is 89.7 Å². The van der Waals surface area contributed by atoms with Crippen molar-refractivity contribution in [2.45, 2.75) is 136 Å². The molecule has 2 aromatic heterocycles. The van der Waals surface area contributed by atoms with Gasteiger partial charge in [0.1, 0.15) is 0 Å². The molecule has 230 valence electrons. The van der Waals surface area contributed by atoms with Crippen LogP contribution in [0.4, 0.5) is 10.7 Å². The maximum atomic E-state index is 3.88. The third-order valence-corrected chi connectivity index (χ3v) is 11.8. The van der Waals surface area contributed by atoms with E-state index in [0.717, 1.165) is 12.8 Å². The number of rotatable bonds is 19. The monoisotopic (exact) mass is 667 g/mol. The van der Waals surface area contributed by atoms with E-state index >= 15 is 0 Å². The molecule has 0 spiro atoms. The van der Waals surface area contributed by atoms with Crippen molar-refractivity contribution in [3.05, 3.63) is 69.0 Å². The summed E-state index contributed by atoms with van der Waals surface area (Å²) in [5, 5.41) is 1.37. The molecule has 42 heavy (non-hydrogen) atoms. The van der Waals surface area contributed by atoms with Crippen LogP contribution >= 0.6 is 38.6 Å². The van der Waals surface area contributed by atoms with Gasteiger partial charge in [-0.25, -0.2) is 0 Å². The van der Waals surface area contributed by atoms with Crippen molar-refractivity contribution in [3.8, 4) is 0 Å². The molecular formula is C38H54BrNS2. The van der Waals surface area contributed by atoms with Crippen molar-refractivity contribution in [2.75, 3.05) is 4.90 Å². The number of fused-ring (bicyclic) bond motifs is 1. The highest BCUT2D eigenvalue weighted by Crippen LogP contribution is 2.47. The number of hydrogen-bond donors (Lipinski definition) is 0. The Hall–Kier alpha value is -1.36. The highest BCUT2D eigenvalue weighted by molar-refractivity contribution is 9.11. The summed E-state index contributed by atoms with van der Waals surface area (Å²) < 4.78 is 4.20. The van der Waals surface area contributed by atoms with Crippen LogP contribution in [0.25, 0.3) is 9.40 Å². The van der Waals surface area contributed by atoms with Gasteiger partial charge in [-0.2, -0.15) is 0 Å². The van der Waals surface area contributed by atoms with Crippen LogP contribution in [0.15, 0.2) is 57.9 Å². The zero-order valence-electron chi connectivity index (χ0n) is 26.7. The van der Waals surface area contributed by atoms with Gasteiger partial charge in [0.25, 0.3) is 0 Å². The first kappa shape index (κ1) is 33.5. The highest BCUT2D eigenvalue weighted by Gasteiger charge is 2.24. The topological polar surface area (TPSA) is 3.24 Å². The zero-order chi connectivity index (χ0) is 29.7. The van der Waals surface area contributed by atoms with E-state index in [4.69, 9.17) is 0 Å². The van der Waals surface area contributed by atoms with Crippen molar-refractivity contribution in [3.63, 3.8) is 0 Å². The van der Waals surface area contributed by atoms with Crippen LogP contribution in [0, 0.1) is 5.92 Å². The fourth-order valence-electron chi connectivity index (χ4n) is 6.15. The highest BCUT2D eigenvalue weighted by atomic mass is 79.9. The number of aryl methyl sites for hydroxylation is 1. The average molecular weight is 669 g/mol. The van der Waals surface area contributed by atoms with Crippen molar-refractivity contribution >= 4 is 58.7 Å². The van der Waals surface area contributed by atoms with Gasteiger partial charge in [0.2, 0.25) is 0 Å². The molecule has 4 heteroatoms. The molecule has 0 radical (unpaired) electrons. The summed E-state index contributed by atoms with van der Waals surface area (Å²) in [5.74, 6) is 0.649. The van der Waals surface area contributed by atoms with E-state index in [1.165, 1.54) is 130 Å². The second-order valence-corrected chi connectivity index (χ2v) is 16.1. The Labute approximate surface area is 273 Å². The van der Waals surface area contributed by atoms with E-state index < -0.39 is 0 Å². The number of allylic oxidation sites excluding steroid dienone is 2. The summed E-state index contributed by atoms with van der Waals surface area (Å²) >= 11 is 7.78. The van der Waals surface area contributed by atoms with Crippen LogP contribution in [0.2, 0.25) is 0 Å². The van der Waals surface area contributed by atoms with E-state index in [9.17, 15) is 0 Å². The Balaban J connectivity index is 1.48. The van der Waals surface area contributed by atoms with Gasteiger partial charge in [-0.3, -0.25) is 0 Å². The molecule has 1 unspecified atom stereocenters. The van der Waals surface area contributed by atoms with E-state index in [-0.39, 0.29) is 0 Å². The number of anilines is 2. The number of thiophene rings is 2. The summed E-state index contributed by atoms with van der Waals surface area (Å²) in [6.45, 7) is 9.24. The maximum Gasteiger partial charge on any atom is 0.0979 e. The van der Waals surface area contributed by atoms with Gasteiger partial charge in [0.15, 0.2) is 0 Å². The second-order valence-electron chi connectivity index (χ2n) is 12.7. The van der Waals surface area contributed by atoms with Gasteiger partial charge in [-0.15, -0.1) is 22.7 Å². The molecular weight excluding hydrogens is 614 g/mol. The van der Waals surface area contributed by atoms with Gasteiger partial charge >= 0.3 is 0 Å². The smallest absolute Gasteiger partial charge is 0.0979 e. The molecule has 0 aliphatic heterocycles. The first-order valence-corrected chi connectivity index (χ1v) is 19.4. The van der Waals surface area contributed by atoms with Crippen molar-refractivity contribution in [1.82, 2.24) is 0 Å². The lowest BCUT2D eigenvalue weighted by Crippen LogP contribution is -2.29. The van der Waals surface area contributed by atoms with Crippen molar-refractivity contribution in [2.24, 2.45) is 5.92 Å². The largest absolute Gasteiger partial charge is 0.326 e. The Morgan fingerprint density at radius 1 is 0.833 bits per heavy atom. The van der Waals surface area contributed by atoms with E-state index in [2.05, 4.69) is 97.1 Å². The molecule has 1 aliphatic carbocycles. The van der Waals surface area contributed by atoms with Crippen molar-refractivity contribution < 1.29 is 0 Å². The third-order valence-electron chi connectivity index (χ3n) is 8.58. The van der Waals surface area contributed by atoms with Gasteiger partial charge in [0.05, 0.1) is 19.5 Å². The standard InChI is InChI=1S/C38H54BrNS2/c1-5-7-9-11-13-15-17-30-19-23-32(24-20-30)40(33-25-21-31(22-26-33)18-16-14-12-10-8-6-2)36-28-35-37(42-36)34(27-29(3)4)38(39)41-35/h19-25,28-29,33H,5-18,26-27H2,1-4H3. The molecule has 3 aromatic rings. The minimum absolute atomic E-state index is 0.354. The SMILES string of the molecule is CCCCCCCCC1=CCC(N(c2ccc(CCCCCCCC)cc2)c2cc3sc(Br)c(CC(C)C)c3s2)C=C1. The first-order chi connectivity index (χ1) is 20.5. The minimum atomic E-state index is 0.354. The predicted molar refractivity (Wildman–Crippen MR) is 195 cm³/mol. The van der Waals surface area contributed by atoms with E-state index in [0.29, 0.717) is 12.0 Å². The molecule has 1 atom stereocenters. The molecule has 4 rings (SSSR count). The van der Waals surface area contributed by atoms with Crippen LogP contribution in [0.1, 0.15) is 129 Å². The fourth-order valence-corrected chi connectivity index (χ4v) is 9.64. The molecule has 0 fully saturated rings. The maximum absolute atomic E-state index is 3.88. The predicted octanol–water partition coefficient (Wildman–Crippen LogP) is 14.0. The Bertz CT molecular complexity index is 1260. The first-order valence-electron chi connectivity index (χ1n) is 17.0. The number of unbranched alkanes of at least 4 members (excludes halogenated alkanes) is 10. The van der Waals surface area contributed by atoms with E-state index in [1.54, 1.807) is 0 Å². The third kappa shape index (κ3) is 9.83. The molecule has 0 saturated carbocycles. The summed E-state index contributed by atoms with van der Waals surface area (Å²) in [5.41, 5.74) is 5.83. The Morgan fingerprint density at radius 3 is 2.10 bits per heavy atom. The van der Waals surface area contributed by atoms with Crippen molar-refractivity contribution in [1.29, 1.82) is 0 Å². The van der Waals surface area contributed by atoms with Gasteiger partial charge < -0.3 is 4.90 Å². The van der Waals surface area contributed by atoms with Gasteiger partial charge in [-0.1, -0.05) is 128 Å². The summed E-state index contributed by atoms with van der Waals surface area (Å²) in [6, 6.07) is 12.3. The Morgan fingerprint density at radius 2 is 1.48 bits per heavy atom. The fraction of sp³-hybridized carbons (Fsp3) is 0.579. The number of halogens is 1. The zero-order valence-corrected chi connectivity index (χ0v) is 29.9. The van der Waals surface area contributed by atoms with Crippen LogP contribution in [-0.2, 0) is 12.8 Å². The number of nitrogens with zero attached hydrogens (tertiary/aromatic N) is 1. The lowest BCUT2D eigenvalue weighted by atomic mass is 9.96. The quantitative estimate of drug-likeness (QED) is 0.115. The molecule has 1 nitrogen and oxygen atoms in total. The molecule has 0 bridgehead atoms.